The van der Waals surface area contributed by atoms with Crippen LogP contribution in [-0.2, 0) is 0 Å². The number of hydrogen-bond donors (Lipinski definition) is 0. The molecule has 0 nitrogen and oxygen atoms in total. The van der Waals surface area contributed by atoms with E-state index in [2.05, 4.69) is 19.6 Å². The summed E-state index contributed by atoms with van der Waals surface area (Å²) in [5.41, 5.74) is 0. The van der Waals surface area contributed by atoms with Gasteiger partial charge in [0.1, 0.15) is 0 Å². The quantitative estimate of drug-likeness (QED) is 0.473. The topological polar surface area (TPSA) is 0 Å². The molecule has 7 heavy (non-hydrogen) atoms. The molecule has 0 bridgehead atoms. The molecule has 0 aliphatic carbocycles. The maximum Gasteiger partial charge on any atom is -0.0350 e. The van der Waals surface area contributed by atoms with Gasteiger partial charge in [-0.2, -0.15) is 0 Å². The summed E-state index contributed by atoms with van der Waals surface area (Å²) in [5.74, 6) is 0. The smallest absolute Gasteiger partial charge is 0.0350 e. The van der Waals surface area contributed by atoms with Crippen LogP contribution >= 0.6 is 0 Å². The first-order chi connectivity index (χ1) is 3.41. The highest BCUT2D eigenvalue weighted by atomic mass is 13.7. The Morgan fingerprint density at radius 3 is 2.71 bits per heavy atom. The molecule has 0 aromatic carbocycles. The van der Waals surface area contributed by atoms with Gasteiger partial charge < -0.3 is 0 Å². The van der Waals surface area contributed by atoms with Crippen molar-refractivity contribution in [3.05, 3.63) is 24.8 Å². The summed E-state index contributed by atoms with van der Waals surface area (Å²) in [6.45, 7) is 5.71. The molecule has 0 spiro atoms. The molecule has 0 amide bonds. The fourth-order valence-corrected chi connectivity index (χ4v) is 0.359. The molecule has 0 aromatic heterocycles. The highest BCUT2D eigenvalue weighted by Gasteiger charge is 1.66. The lowest BCUT2D eigenvalue weighted by molar-refractivity contribution is 0.959. The predicted octanol–water partition coefficient (Wildman–Crippen LogP) is 2.53. The second kappa shape index (κ2) is 5.48. The molecule has 0 heteroatoms. The van der Waals surface area contributed by atoms with Gasteiger partial charge in [0.2, 0.25) is 0 Å². The second-order valence-corrected chi connectivity index (χ2v) is 1.45. The highest BCUT2D eigenvalue weighted by molar-refractivity contribution is 4.96. The minimum Gasteiger partial charge on any atom is -0.0991 e. The molecule has 0 N–H and O–H groups in total. The zero-order valence-electron chi connectivity index (χ0n) is 4.85. The van der Waals surface area contributed by atoms with Gasteiger partial charge in [0, 0.05) is 0 Å². The third-order valence-electron chi connectivity index (χ3n) is 0.728. The SMILES string of the molecule is C=C/C=C/CCC. The Hall–Kier alpha value is -0.520. The van der Waals surface area contributed by atoms with E-state index in [-0.39, 0.29) is 0 Å². The van der Waals surface area contributed by atoms with Gasteiger partial charge in [0.25, 0.3) is 0 Å². The van der Waals surface area contributed by atoms with E-state index in [0.717, 1.165) is 0 Å². The van der Waals surface area contributed by atoms with Crippen LogP contribution in [0.5, 0.6) is 0 Å². The molecule has 0 aliphatic heterocycles. The van der Waals surface area contributed by atoms with Gasteiger partial charge in [-0.05, 0) is 6.42 Å². The fourth-order valence-electron chi connectivity index (χ4n) is 0.359. The van der Waals surface area contributed by atoms with E-state index in [4.69, 9.17) is 0 Å². The van der Waals surface area contributed by atoms with Crippen LogP contribution in [0, 0.1) is 0 Å². The van der Waals surface area contributed by atoms with Crippen molar-refractivity contribution in [3.8, 4) is 0 Å². The standard InChI is InChI=1S/C7H12/c1-3-5-7-6-4-2/h3,5,7H,1,4,6H2,2H3/b7-5+. The summed E-state index contributed by atoms with van der Waals surface area (Å²) in [6, 6.07) is 0. The third kappa shape index (κ3) is 5.48. The fraction of sp³-hybridized carbons (Fsp3) is 0.429. The number of allylic oxidation sites excluding steroid dienone is 3. The number of hydrogen-bond acceptors (Lipinski definition) is 0. The number of unbranched alkanes of at least 4 members (excludes halogenated alkanes) is 1. The Morgan fingerprint density at radius 2 is 2.29 bits per heavy atom. The van der Waals surface area contributed by atoms with Gasteiger partial charge in [-0.15, -0.1) is 0 Å². The molecule has 0 aliphatic rings. The molecule has 0 radical (unpaired) electrons. The minimum absolute atomic E-state index is 1.17. The Morgan fingerprint density at radius 1 is 1.57 bits per heavy atom. The number of rotatable bonds is 3. The molecule has 0 unspecified atom stereocenters. The minimum atomic E-state index is 1.17. The summed E-state index contributed by atoms with van der Waals surface area (Å²) in [5, 5.41) is 0. The summed E-state index contributed by atoms with van der Waals surface area (Å²) in [6.07, 6.45) is 8.29. The van der Waals surface area contributed by atoms with Crippen molar-refractivity contribution in [1.29, 1.82) is 0 Å². The molecule has 0 fully saturated rings. The molecule has 0 atom stereocenters. The van der Waals surface area contributed by atoms with Gasteiger partial charge >= 0.3 is 0 Å². The molecule has 0 heterocycles. The molecule has 0 aromatic rings. The zero-order valence-corrected chi connectivity index (χ0v) is 4.85. The van der Waals surface area contributed by atoms with Crippen LogP contribution in [0.25, 0.3) is 0 Å². The molecule has 0 saturated carbocycles. The lowest BCUT2D eigenvalue weighted by Crippen LogP contribution is -1.56. The van der Waals surface area contributed by atoms with Crippen LogP contribution < -0.4 is 0 Å². The Balaban J connectivity index is 2.92. The Bertz CT molecular complexity index is 60.4. The summed E-state index contributed by atoms with van der Waals surface area (Å²) in [7, 11) is 0. The summed E-state index contributed by atoms with van der Waals surface area (Å²) in [4.78, 5) is 0. The van der Waals surface area contributed by atoms with Crippen LogP contribution in [-0.4, -0.2) is 0 Å². The molecular weight excluding hydrogens is 84.1 g/mol. The van der Waals surface area contributed by atoms with Crippen LogP contribution in [0.4, 0.5) is 0 Å². The normalized spacial score (nSPS) is 9.86. The maximum absolute atomic E-state index is 3.55. The summed E-state index contributed by atoms with van der Waals surface area (Å²) < 4.78 is 0. The van der Waals surface area contributed by atoms with Crippen molar-refractivity contribution in [3.63, 3.8) is 0 Å². The van der Waals surface area contributed by atoms with Crippen LogP contribution in [0.1, 0.15) is 19.8 Å². The van der Waals surface area contributed by atoms with E-state index < -0.39 is 0 Å². The molecular formula is C7H12. The van der Waals surface area contributed by atoms with Crippen molar-refractivity contribution in [2.75, 3.05) is 0 Å². The summed E-state index contributed by atoms with van der Waals surface area (Å²) >= 11 is 0. The van der Waals surface area contributed by atoms with E-state index in [1.807, 2.05) is 6.08 Å². The van der Waals surface area contributed by atoms with Gasteiger partial charge in [-0.1, -0.05) is 38.2 Å². The second-order valence-electron chi connectivity index (χ2n) is 1.45. The third-order valence-corrected chi connectivity index (χ3v) is 0.728. The molecule has 40 valence electrons. The first kappa shape index (κ1) is 6.48. The van der Waals surface area contributed by atoms with Gasteiger partial charge in [0.05, 0.1) is 0 Å². The maximum atomic E-state index is 3.55. The Kier molecular flexibility index (Phi) is 5.07. The van der Waals surface area contributed by atoms with Crippen LogP contribution in [0.2, 0.25) is 0 Å². The highest BCUT2D eigenvalue weighted by Crippen LogP contribution is 1.86. The van der Waals surface area contributed by atoms with Crippen molar-refractivity contribution in [1.82, 2.24) is 0 Å². The monoisotopic (exact) mass is 96.1 g/mol. The molecule has 0 saturated heterocycles. The lowest BCUT2D eigenvalue weighted by atomic mass is 10.3. The van der Waals surface area contributed by atoms with Crippen LogP contribution in [0.3, 0.4) is 0 Å². The van der Waals surface area contributed by atoms with Crippen molar-refractivity contribution in [2.24, 2.45) is 0 Å². The first-order valence-corrected chi connectivity index (χ1v) is 2.69. The predicted molar refractivity (Wildman–Crippen MR) is 34.2 cm³/mol. The van der Waals surface area contributed by atoms with Gasteiger partial charge in [-0.3, -0.25) is 0 Å². The van der Waals surface area contributed by atoms with Gasteiger partial charge in [0.15, 0.2) is 0 Å². The average Bonchev–Trinajstić information content (AvgIpc) is 1.69. The van der Waals surface area contributed by atoms with Gasteiger partial charge in [-0.25, -0.2) is 0 Å². The van der Waals surface area contributed by atoms with E-state index in [9.17, 15) is 0 Å². The Labute approximate surface area is 45.5 Å². The van der Waals surface area contributed by atoms with Crippen molar-refractivity contribution >= 4 is 0 Å². The van der Waals surface area contributed by atoms with E-state index >= 15 is 0 Å². The largest absolute Gasteiger partial charge is 0.0991 e. The van der Waals surface area contributed by atoms with E-state index in [1.165, 1.54) is 12.8 Å². The van der Waals surface area contributed by atoms with E-state index in [0.29, 0.717) is 0 Å². The first-order valence-electron chi connectivity index (χ1n) is 2.69. The van der Waals surface area contributed by atoms with Crippen molar-refractivity contribution in [2.45, 2.75) is 19.8 Å². The zero-order chi connectivity index (χ0) is 5.54. The lowest BCUT2D eigenvalue weighted by Gasteiger charge is -1.77. The van der Waals surface area contributed by atoms with E-state index in [1.54, 1.807) is 6.08 Å². The van der Waals surface area contributed by atoms with Crippen molar-refractivity contribution < 1.29 is 0 Å². The average molecular weight is 96.2 g/mol. The molecule has 0 rings (SSSR count). The van der Waals surface area contributed by atoms with Crippen LogP contribution in [0.15, 0.2) is 24.8 Å².